The molecule has 0 aliphatic carbocycles. The van der Waals surface area contributed by atoms with Crippen LogP contribution < -0.4 is 4.90 Å². The standard InChI is InChI=1S/C27H20N2O3/c1-17-12-14-19(15-13-17)25(30)23-24(21-10-4-5-16-28-21)29(27(32)26(23)31)22-11-6-8-18-7-2-3-9-20(18)22/h2-16,24,30H,1H3/b25-23+. The number of aliphatic hydroxyl groups excluding tert-OH is 1. The molecule has 1 aliphatic rings. The Hall–Kier alpha value is -4.25. The highest BCUT2D eigenvalue weighted by Gasteiger charge is 2.48. The van der Waals surface area contributed by atoms with E-state index in [1.165, 1.54) is 4.90 Å². The van der Waals surface area contributed by atoms with Crippen molar-refractivity contribution >= 4 is 33.9 Å². The summed E-state index contributed by atoms with van der Waals surface area (Å²) >= 11 is 0. The van der Waals surface area contributed by atoms with Gasteiger partial charge in [0.25, 0.3) is 11.7 Å². The summed E-state index contributed by atoms with van der Waals surface area (Å²) < 4.78 is 0. The van der Waals surface area contributed by atoms with Crippen molar-refractivity contribution in [3.05, 3.63) is 114 Å². The number of amides is 1. The molecule has 1 atom stereocenters. The first-order valence-corrected chi connectivity index (χ1v) is 10.3. The number of hydrogen-bond acceptors (Lipinski definition) is 4. The van der Waals surface area contributed by atoms with Gasteiger partial charge >= 0.3 is 0 Å². The third-order valence-electron chi connectivity index (χ3n) is 5.76. The lowest BCUT2D eigenvalue weighted by Gasteiger charge is -2.25. The van der Waals surface area contributed by atoms with E-state index in [1.54, 1.807) is 36.5 Å². The minimum Gasteiger partial charge on any atom is -0.507 e. The molecule has 0 bridgehead atoms. The molecular weight excluding hydrogens is 400 g/mol. The second kappa shape index (κ2) is 7.78. The van der Waals surface area contributed by atoms with E-state index in [2.05, 4.69) is 4.98 Å². The Labute approximate surface area is 185 Å². The van der Waals surface area contributed by atoms with E-state index in [1.807, 2.05) is 61.5 Å². The lowest BCUT2D eigenvalue weighted by Crippen LogP contribution is -2.30. The molecule has 1 aliphatic heterocycles. The van der Waals surface area contributed by atoms with Crippen LogP contribution in [0.2, 0.25) is 0 Å². The molecule has 156 valence electrons. The fourth-order valence-electron chi connectivity index (χ4n) is 4.18. The fourth-order valence-corrected chi connectivity index (χ4v) is 4.18. The summed E-state index contributed by atoms with van der Waals surface area (Å²) in [6, 6.07) is 25.0. The van der Waals surface area contributed by atoms with E-state index in [9.17, 15) is 14.7 Å². The van der Waals surface area contributed by atoms with Crippen LogP contribution in [0.3, 0.4) is 0 Å². The van der Waals surface area contributed by atoms with Gasteiger partial charge in [-0.1, -0.05) is 72.3 Å². The second-order valence-electron chi connectivity index (χ2n) is 7.79. The molecule has 5 rings (SSSR count). The predicted molar refractivity (Wildman–Crippen MR) is 124 cm³/mol. The first-order valence-electron chi connectivity index (χ1n) is 10.3. The van der Waals surface area contributed by atoms with Gasteiger partial charge in [0.2, 0.25) is 0 Å². The highest BCUT2D eigenvalue weighted by atomic mass is 16.3. The maximum Gasteiger partial charge on any atom is 0.300 e. The van der Waals surface area contributed by atoms with Crippen LogP contribution in [0.4, 0.5) is 5.69 Å². The molecule has 2 heterocycles. The Morgan fingerprint density at radius 3 is 2.34 bits per heavy atom. The van der Waals surface area contributed by atoms with Crippen LogP contribution in [0.25, 0.3) is 16.5 Å². The quantitative estimate of drug-likeness (QED) is 0.282. The molecule has 0 radical (unpaired) electrons. The summed E-state index contributed by atoms with van der Waals surface area (Å²) in [6.45, 7) is 1.94. The second-order valence-corrected chi connectivity index (χ2v) is 7.79. The molecule has 1 aromatic heterocycles. The number of aliphatic hydroxyl groups is 1. The first-order chi connectivity index (χ1) is 15.6. The van der Waals surface area contributed by atoms with Crippen LogP contribution in [0, 0.1) is 6.92 Å². The topological polar surface area (TPSA) is 70.5 Å². The third-order valence-corrected chi connectivity index (χ3v) is 5.76. The summed E-state index contributed by atoms with van der Waals surface area (Å²) in [5, 5.41) is 13.0. The molecule has 4 aromatic rings. The number of nitrogens with zero attached hydrogens (tertiary/aromatic N) is 2. The number of fused-ring (bicyclic) bond motifs is 1. The zero-order valence-corrected chi connectivity index (χ0v) is 17.4. The van der Waals surface area contributed by atoms with Gasteiger partial charge in [0.05, 0.1) is 17.0 Å². The largest absolute Gasteiger partial charge is 0.507 e. The average molecular weight is 420 g/mol. The van der Waals surface area contributed by atoms with Crippen molar-refractivity contribution in [2.45, 2.75) is 13.0 Å². The van der Waals surface area contributed by atoms with Crippen LogP contribution in [-0.4, -0.2) is 21.8 Å². The van der Waals surface area contributed by atoms with Gasteiger partial charge in [-0.2, -0.15) is 0 Å². The fraction of sp³-hybridized carbons (Fsp3) is 0.0741. The number of hydrogen-bond donors (Lipinski definition) is 1. The van der Waals surface area contributed by atoms with Gasteiger partial charge in [0.15, 0.2) is 0 Å². The monoisotopic (exact) mass is 420 g/mol. The zero-order chi connectivity index (χ0) is 22.2. The number of aryl methyl sites for hydroxylation is 1. The number of pyridine rings is 1. The lowest BCUT2D eigenvalue weighted by atomic mass is 9.97. The van der Waals surface area contributed by atoms with Gasteiger partial charge in [-0.05, 0) is 30.5 Å². The van der Waals surface area contributed by atoms with Crippen LogP contribution in [0.15, 0.2) is 96.7 Å². The number of Topliss-reactive ketones (excluding diaryl/α,β-unsaturated/α-hetero) is 1. The number of benzene rings is 3. The molecule has 32 heavy (non-hydrogen) atoms. The van der Waals surface area contributed by atoms with Crippen LogP contribution in [0.5, 0.6) is 0 Å². The smallest absolute Gasteiger partial charge is 0.300 e. The van der Waals surface area contributed by atoms with Crippen molar-refractivity contribution in [2.75, 3.05) is 4.90 Å². The molecule has 0 saturated carbocycles. The van der Waals surface area contributed by atoms with Gasteiger partial charge in [-0.15, -0.1) is 0 Å². The normalized spacial score (nSPS) is 17.8. The number of rotatable bonds is 3. The summed E-state index contributed by atoms with van der Waals surface area (Å²) in [7, 11) is 0. The molecule has 5 heteroatoms. The van der Waals surface area contributed by atoms with E-state index in [4.69, 9.17) is 0 Å². The summed E-state index contributed by atoms with van der Waals surface area (Å²) in [5.74, 6) is -1.63. The summed E-state index contributed by atoms with van der Waals surface area (Å²) in [4.78, 5) is 32.5. The van der Waals surface area contributed by atoms with Crippen molar-refractivity contribution in [1.82, 2.24) is 4.98 Å². The van der Waals surface area contributed by atoms with Crippen LogP contribution in [-0.2, 0) is 9.59 Å². The van der Waals surface area contributed by atoms with E-state index in [-0.39, 0.29) is 11.3 Å². The SMILES string of the molecule is Cc1ccc(/C(O)=C2\C(=O)C(=O)N(c3cccc4ccccc34)C2c2ccccn2)cc1. The molecule has 1 N–H and O–H groups in total. The molecule has 1 amide bonds. The molecule has 1 unspecified atom stereocenters. The Kier molecular flexibility index (Phi) is 4.79. The van der Waals surface area contributed by atoms with Crippen LogP contribution >= 0.6 is 0 Å². The summed E-state index contributed by atoms with van der Waals surface area (Å²) in [6.07, 6.45) is 1.62. The van der Waals surface area contributed by atoms with Gasteiger partial charge in [0, 0.05) is 17.1 Å². The molecule has 1 saturated heterocycles. The highest BCUT2D eigenvalue weighted by molar-refractivity contribution is 6.52. The van der Waals surface area contributed by atoms with Crippen molar-refractivity contribution in [3.8, 4) is 0 Å². The van der Waals surface area contributed by atoms with Gasteiger partial charge < -0.3 is 5.11 Å². The van der Waals surface area contributed by atoms with Crippen molar-refractivity contribution < 1.29 is 14.7 Å². The predicted octanol–water partition coefficient (Wildman–Crippen LogP) is 5.17. The zero-order valence-electron chi connectivity index (χ0n) is 17.4. The molecule has 3 aromatic carbocycles. The van der Waals surface area contributed by atoms with Gasteiger partial charge in [-0.25, -0.2) is 0 Å². The highest BCUT2D eigenvalue weighted by Crippen LogP contribution is 2.43. The molecule has 0 spiro atoms. The minimum atomic E-state index is -0.844. The van der Waals surface area contributed by atoms with Crippen molar-refractivity contribution in [3.63, 3.8) is 0 Å². The Morgan fingerprint density at radius 1 is 0.875 bits per heavy atom. The number of carbonyl (C=O) groups excluding carboxylic acids is 2. The molecule has 1 fully saturated rings. The van der Waals surface area contributed by atoms with Gasteiger partial charge in [-0.3, -0.25) is 19.5 Å². The van der Waals surface area contributed by atoms with Gasteiger partial charge in [0.1, 0.15) is 11.8 Å². The number of anilines is 1. The third kappa shape index (κ3) is 3.15. The van der Waals surface area contributed by atoms with E-state index in [0.717, 1.165) is 16.3 Å². The summed E-state index contributed by atoms with van der Waals surface area (Å²) in [5.41, 5.74) is 2.65. The number of ketones is 1. The van der Waals surface area contributed by atoms with E-state index < -0.39 is 17.7 Å². The van der Waals surface area contributed by atoms with E-state index in [0.29, 0.717) is 16.9 Å². The number of aromatic nitrogens is 1. The average Bonchev–Trinajstić information content (AvgIpc) is 3.09. The van der Waals surface area contributed by atoms with E-state index >= 15 is 0 Å². The first kappa shape index (κ1) is 19.7. The van der Waals surface area contributed by atoms with Crippen LogP contribution in [0.1, 0.15) is 22.9 Å². The Balaban J connectivity index is 1.77. The Morgan fingerprint density at radius 2 is 1.59 bits per heavy atom. The lowest BCUT2D eigenvalue weighted by molar-refractivity contribution is -0.132. The maximum absolute atomic E-state index is 13.3. The Bertz CT molecular complexity index is 1370. The molecule has 5 nitrogen and oxygen atoms in total. The minimum absolute atomic E-state index is 0.0329. The maximum atomic E-state index is 13.3. The molecular formula is C27H20N2O3. The van der Waals surface area contributed by atoms with Crippen molar-refractivity contribution in [2.24, 2.45) is 0 Å². The van der Waals surface area contributed by atoms with Crippen molar-refractivity contribution in [1.29, 1.82) is 0 Å². The number of carbonyl (C=O) groups is 2.